The van der Waals surface area contributed by atoms with Crippen molar-refractivity contribution in [1.82, 2.24) is 14.9 Å². The third-order valence-electron chi connectivity index (χ3n) is 4.03. The van der Waals surface area contributed by atoms with Crippen LogP contribution in [0.2, 0.25) is 0 Å². The smallest absolute Gasteiger partial charge is 0.263 e. The number of carbonyl (C=O) groups is 1. The number of thioether (sulfide) groups is 1. The number of carbonyl (C=O) groups excluding carboxylic acids is 1. The van der Waals surface area contributed by atoms with E-state index in [1.807, 2.05) is 42.6 Å². The van der Waals surface area contributed by atoms with Crippen molar-refractivity contribution >= 4 is 39.2 Å². The molecule has 2 heterocycles. The van der Waals surface area contributed by atoms with Crippen molar-refractivity contribution < 1.29 is 4.79 Å². The molecule has 2 aromatic heterocycles. The molecular formula is C20H18N4O2S2. The maximum absolute atomic E-state index is 13.2. The second kappa shape index (κ2) is 8.87. The molecule has 8 heteroatoms. The van der Waals surface area contributed by atoms with Crippen LogP contribution in [0.25, 0.3) is 21.3 Å². The average Bonchev–Trinajstić information content (AvgIpc) is 3.12. The molecule has 0 aliphatic rings. The number of allylic oxidation sites excluding steroid dienone is 1. The van der Waals surface area contributed by atoms with Gasteiger partial charge in [-0.2, -0.15) is 5.26 Å². The zero-order valence-electron chi connectivity index (χ0n) is 15.3. The van der Waals surface area contributed by atoms with Crippen LogP contribution in [0, 0.1) is 18.3 Å². The summed E-state index contributed by atoms with van der Waals surface area (Å²) in [5.74, 6) is -0.204. The first kappa shape index (κ1) is 19.9. The summed E-state index contributed by atoms with van der Waals surface area (Å²) in [5.41, 5.74) is 2.83. The number of nitrogens with zero attached hydrogens (tertiary/aromatic N) is 3. The molecule has 0 saturated heterocycles. The molecule has 0 saturated carbocycles. The van der Waals surface area contributed by atoms with Crippen LogP contribution in [-0.4, -0.2) is 27.8 Å². The normalized spacial score (nSPS) is 10.6. The first-order valence-corrected chi connectivity index (χ1v) is 10.4. The van der Waals surface area contributed by atoms with Crippen molar-refractivity contribution in [2.75, 3.05) is 12.3 Å². The van der Waals surface area contributed by atoms with Crippen LogP contribution in [0.3, 0.4) is 0 Å². The van der Waals surface area contributed by atoms with Crippen LogP contribution in [0.15, 0.2) is 52.3 Å². The molecule has 28 heavy (non-hydrogen) atoms. The Morgan fingerprint density at radius 2 is 2.18 bits per heavy atom. The number of hydrogen-bond donors (Lipinski definition) is 1. The number of benzene rings is 1. The summed E-state index contributed by atoms with van der Waals surface area (Å²) in [7, 11) is 0. The number of aryl methyl sites for hydroxylation is 1. The highest BCUT2D eigenvalue weighted by atomic mass is 32.2. The summed E-state index contributed by atoms with van der Waals surface area (Å²) in [5, 5.41) is 14.0. The van der Waals surface area contributed by atoms with Gasteiger partial charge in [0.25, 0.3) is 5.56 Å². The van der Waals surface area contributed by atoms with Crippen LogP contribution >= 0.6 is 23.1 Å². The minimum absolute atomic E-state index is 0.0455. The standard InChI is InChI=1S/C20H18N4O2S2/c1-3-10-24-19(26)17-15(14-6-4-13(2)5-7-14)11-27-18(17)23-20(24)28-12-16(25)22-9-8-21/h3-7,11H,1,9-10,12H2,2H3,(H,22,25). The van der Waals surface area contributed by atoms with E-state index in [0.717, 1.165) is 16.7 Å². The Bertz CT molecular complexity index is 1120. The Labute approximate surface area is 170 Å². The van der Waals surface area contributed by atoms with E-state index in [1.165, 1.54) is 27.7 Å². The van der Waals surface area contributed by atoms with Crippen LogP contribution in [0.1, 0.15) is 5.56 Å². The number of rotatable bonds is 7. The second-order valence-corrected chi connectivity index (χ2v) is 7.82. The van der Waals surface area contributed by atoms with Gasteiger partial charge in [0.05, 0.1) is 17.2 Å². The maximum Gasteiger partial charge on any atom is 0.263 e. The highest BCUT2D eigenvalue weighted by Gasteiger charge is 2.17. The van der Waals surface area contributed by atoms with Gasteiger partial charge in [0, 0.05) is 17.5 Å². The summed E-state index contributed by atoms with van der Waals surface area (Å²) < 4.78 is 1.53. The molecule has 3 rings (SSSR count). The predicted molar refractivity (Wildman–Crippen MR) is 114 cm³/mol. The molecule has 0 bridgehead atoms. The summed E-state index contributed by atoms with van der Waals surface area (Å²) in [6.07, 6.45) is 1.63. The lowest BCUT2D eigenvalue weighted by Crippen LogP contribution is -2.27. The Morgan fingerprint density at radius 1 is 1.43 bits per heavy atom. The van der Waals surface area contributed by atoms with Gasteiger partial charge in [0.15, 0.2) is 5.16 Å². The van der Waals surface area contributed by atoms with E-state index in [9.17, 15) is 9.59 Å². The number of amides is 1. The van der Waals surface area contributed by atoms with Crippen molar-refractivity contribution in [2.45, 2.75) is 18.6 Å². The van der Waals surface area contributed by atoms with Gasteiger partial charge in [-0.3, -0.25) is 14.2 Å². The molecule has 0 aliphatic heterocycles. The quantitative estimate of drug-likeness (QED) is 0.279. The van der Waals surface area contributed by atoms with Crippen molar-refractivity contribution in [3.05, 3.63) is 58.2 Å². The maximum atomic E-state index is 13.2. The summed E-state index contributed by atoms with van der Waals surface area (Å²) >= 11 is 2.58. The van der Waals surface area contributed by atoms with E-state index in [2.05, 4.69) is 16.9 Å². The number of fused-ring (bicyclic) bond motifs is 1. The predicted octanol–water partition coefficient (Wildman–Crippen LogP) is 3.35. The van der Waals surface area contributed by atoms with Crippen LogP contribution < -0.4 is 10.9 Å². The van der Waals surface area contributed by atoms with Crippen molar-refractivity contribution in [3.8, 4) is 17.2 Å². The fourth-order valence-corrected chi connectivity index (χ4v) is 4.50. The summed E-state index contributed by atoms with van der Waals surface area (Å²) in [6.45, 7) is 5.99. The molecule has 1 amide bonds. The summed E-state index contributed by atoms with van der Waals surface area (Å²) in [4.78, 5) is 30.3. The fourth-order valence-electron chi connectivity index (χ4n) is 2.67. The van der Waals surface area contributed by atoms with E-state index in [-0.39, 0.29) is 23.8 Å². The van der Waals surface area contributed by atoms with E-state index < -0.39 is 0 Å². The van der Waals surface area contributed by atoms with Gasteiger partial charge < -0.3 is 5.32 Å². The molecule has 0 atom stereocenters. The van der Waals surface area contributed by atoms with Gasteiger partial charge in [-0.05, 0) is 12.5 Å². The van der Waals surface area contributed by atoms with Gasteiger partial charge >= 0.3 is 0 Å². The van der Waals surface area contributed by atoms with Crippen molar-refractivity contribution in [3.63, 3.8) is 0 Å². The molecule has 1 N–H and O–H groups in total. The van der Waals surface area contributed by atoms with Crippen LogP contribution in [-0.2, 0) is 11.3 Å². The molecule has 0 aliphatic carbocycles. The second-order valence-electron chi connectivity index (χ2n) is 6.02. The highest BCUT2D eigenvalue weighted by Crippen LogP contribution is 2.32. The monoisotopic (exact) mass is 410 g/mol. The molecule has 3 aromatic rings. The summed E-state index contributed by atoms with van der Waals surface area (Å²) in [6, 6.07) is 9.88. The lowest BCUT2D eigenvalue weighted by Gasteiger charge is -2.10. The average molecular weight is 411 g/mol. The molecule has 1 aromatic carbocycles. The van der Waals surface area contributed by atoms with E-state index in [4.69, 9.17) is 5.26 Å². The van der Waals surface area contributed by atoms with Crippen LogP contribution in [0.5, 0.6) is 0 Å². The van der Waals surface area contributed by atoms with Gasteiger partial charge in [0.2, 0.25) is 5.91 Å². The fraction of sp³-hybridized carbons (Fsp3) is 0.200. The number of nitriles is 1. The van der Waals surface area contributed by atoms with Gasteiger partial charge in [-0.25, -0.2) is 4.98 Å². The van der Waals surface area contributed by atoms with E-state index >= 15 is 0 Å². The first-order valence-electron chi connectivity index (χ1n) is 8.51. The zero-order chi connectivity index (χ0) is 20.1. The van der Waals surface area contributed by atoms with Gasteiger partial charge in [-0.1, -0.05) is 47.7 Å². The van der Waals surface area contributed by atoms with E-state index in [0.29, 0.717) is 21.9 Å². The van der Waals surface area contributed by atoms with E-state index in [1.54, 1.807) is 6.08 Å². The van der Waals surface area contributed by atoms with Crippen molar-refractivity contribution in [2.24, 2.45) is 0 Å². The number of aromatic nitrogens is 2. The largest absolute Gasteiger partial charge is 0.342 e. The topological polar surface area (TPSA) is 87.8 Å². The lowest BCUT2D eigenvalue weighted by molar-refractivity contribution is -0.118. The molecule has 142 valence electrons. The molecule has 6 nitrogen and oxygen atoms in total. The minimum Gasteiger partial charge on any atom is -0.342 e. The Kier molecular flexibility index (Phi) is 6.29. The minimum atomic E-state index is -0.280. The van der Waals surface area contributed by atoms with Crippen LogP contribution in [0.4, 0.5) is 0 Å². The van der Waals surface area contributed by atoms with Gasteiger partial charge in [0.1, 0.15) is 11.4 Å². The SMILES string of the molecule is C=CCn1c(SCC(=O)NCC#N)nc2scc(-c3ccc(C)cc3)c2c1=O. The first-order chi connectivity index (χ1) is 13.5. The Balaban J connectivity index is 2.02. The zero-order valence-corrected chi connectivity index (χ0v) is 16.9. The number of nitrogens with one attached hydrogen (secondary N) is 1. The molecule has 0 spiro atoms. The Hall–Kier alpha value is -2.89. The van der Waals surface area contributed by atoms with Crippen molar-refractivity contribution in [1.29, 1.82) is 5.26 Å². The lowest BCUT2D eigenvalue weighted by atomic mass is 10.1. The third-order valence-corrected chi connectivity index (χ3v) is 5.88. The number of thiophene rings is 1. The molecule has 0 unspecified atom stereocenters. The Morgan fingerprint density at radius 3 is 2.86 bits per heavy atom. The number of hydrogen-bond acceptors (Lipinski definition) is 6. The third kappa shape index (κ3) is 4.16. The molecular weight excluding hydrogens is 392 g/mol. The van der Waals surface area contributed by atoms with Gasteiger partial charge in [-0.15, -0.1) is 17.9 Å². The molecule has 0 radical (unpaired) electrons. The molecule has 0 fully saturated rings. The highest BCUT2D eigenvalue weighted by molar-refractivity contribution is 7.99.